The van der Waals surface area contributed by atoms with Gasteiger partial charge in [-0.3, -0.25) is 15.1 Å². The first kappa shape index (κ1) is 20.0. The molecule has 8 nitrogen and oxygen atoms in total. The summed E-state index contributed by atoms with van der Waals surface area (Å²) in [4.78, 5) is 12.4. The average molecular weight is 460 g/mol. The minimum Gasteiger partial charge on any atom is -0.260 e. The van der Waals surface area contributed by atoms with Gasteiger partial charge >= 0.3 is 6.18 Å². The Morgan fingerprint density at radius 1 is 1.23 bits per heavy atom. The zero-order valence-electron chi connectivity index (χ0n) is 15.5. The summed E-state index contributed by atoms with van der Waals surface area (Å²) in [5.41, 5.74) is 0.511. The lowest BCUT2D eigenvalue weighted by Gasteiger charge is -2.21. The fraction of sp³-hybridized carbons (Fsp3) is 0.278. The molecule has 0 aromatic carbocycles. The smallest absolute Gasteiger partial charge is 0.260 e. The van der Waals surface area contributed by atoms with Crippen LogP contribution in [0.15, 0.2) is 34.7 Å². The highest BCUT2D eigenvalue weighted by Gasteiger charge is 2.49. The van der Waals surface area contributed by atoms with Gasteiger partial charge in [0.05, 0.1) is 17.2 Å². The number of H-pyrrole nitrogens is 1. The number of aromatic amines is 1. The van der Waals surface area contributed by atoms with E-state index in [9.17, 15) is 18.4 Å². The molecule has 0 amide bonds. The van der Waals surface area contributed by atoms with Crippen molar-refractivity contribution in [1.82, 2.24) is 30.4 Å². The van der Waals surface area contributed by atoms with Crippen molar-refractivity contribution < 1.29 is 13.2 Å². The van der Waals surface area contributed by atoms with Gasteiger partial charge in [0.1, 0.15) is 27.1 Å². The van der Waals surface area contributed by atoms with Gasteiger partial charge in [0.25, 0.3) is 0 Å². The van der Waals surface area contributed by atoms with Crippen LogP contribution in [0.25, 0.3) is 11.5 Å². The standard InChI is InChI=1S/C18H11F3N8S2/c19-18(20,21)13-3-9(5-22)10(6-23-13)7-30-16-26-17(1-2-17)11-4-12(14-24-8-25-28-14)27-29-15(11)31-16/h3-4,6,8H,1-2,7H2,(H,24,25,28). The van der Waals surface area contributed by atoms with Crippen molar-refractivity contribution in [2.45, 2.75) is 35.3 Å². The lowest BCUT2D eigenvalue weighted by molar-refractivity contribution is -0.141. The highest BCUT2D eigenvalue weighted by Crippen LogP contribution is 2.56. The van der Waals surface area contributed by atoms with Crippen molar-refractivity contribution in [2.24, 2.45) is 4.99 Å². The van der Waals surface area contributed by atoms with Crippen LogP contribution in [0.1, 0.15) is 35.2 Å². The normalized spacial score (nSPS) is 16.5. The van der Waals surface area contributed by atoms with Gasteiger partial charge in [-0.15, -0.1) is 10.2 Å². The summed E-state index contributed by atoms with van der Waals surface area (Å²) >= 11 is 2.70. The number of alkyl halides is 3. The molecule has 156 valence electrons. The molecule has 1 spiro atoms. The average Bonchev–Trinajstić information content (AvgIpc) is 3.30. The molecule has 1 N–H and O–H groups in total. The number of nitrogens with zero attached hydrogens (tertiary/aromatic N) is 7. The van der Waals surface area contributed by atoms with Crippen molar-refractivity contribution in [3.63, 3.8) is 0 Å². The minimum absolute atomic E-state index is 0.0470. The van der Waals surface area contributed by atoms with Crippen molar-refractivity contribution >= 4 is 27.9 Å². The van der Waals surface area contributed by atoms with Crippen molar-refractivity contribution in [1.29, 1.82) is 5.26 Å². The summed E-state index contributed by atoms with van der Waals surface area (Å²) in [7, 11) is 0. The van der Waals surface area contributed by atoms with E-state index in [1.807, 2.05) is 12.1 Å². The van der Waals surface area contributed by atoms with Gasteiger partial charge in [0, 0.05) is 17.5 Å². The number of hydrogen-bond donors (Lipinski definition) is 1. The molecule has 3 aromatic heterocycles. The molecule has 1 aliphatic heterocycles. The largest absolute Gasteiger partial charge is 0.433 e. The Labute approximate surface area is 181 Å². The molecule has 1 saturated carbocycles. The van der Waals surface area contributed by atoms with E-state index in [1.165, 1.54) is 29.9 Å². The number of aliphatic imine (C=N–C) groups is 1. The van der Waals surface area contributed by atoms with Crippen LogP contribution >= 0.6 is 23.5 Å². The fourth-order valence-electron chi connectivity index (χ4n) is 3.13. The molecule has 0 atom stereocenters. The summed E-state index contributed by atoms with van der Waals surface area (Å²) in [6.45, 7) is 0. The maximum atomic E-state index is 12.8. The third-order valence-electron chi connectivity index (χ3n) is 4.88. The van der Waals surface area contributed by atoms with E-state index in [1.54, 1.807) is 0 Å². The molecule has 0 unspecified atom stereocenters. The minimum atomic E-state index is -4.59. The highest BCUT2D eigenvalue weighted by atomic mass is 32.2. The summed E-state index contributed by atoms with van der Waals surface area (Å²) in [5.74, 6) is 0.800. The molecule has 1 fully saturated rings. The van der Waals surface area contributed by atoms with Gasteiger partial charge in [-0.2, -0.15) is 23.5 Å². The van der Waals surface area contributed by atoms with E-state index in [0.29, 0.717) is 17.1 Å². The second kappa shape index (κ2) is 7.31. The predicted octanol–water partition coefficient (Wildman–Crippen LogP) is 3.93. The van der Waals surface area contributed by atoms with Gasteiger partial charge in [0.2, 0.25) is 0 Å². The number of rotatable bonds is 3. The number of fused-ring (bicyclic) bond motifs is 2. The Morgan fingerprint density at radius 3 is 2.74 bits per heavy atom. The van der Waals surface area contributed by atoms with Crippen molar-refractivity contribution in [3.05, 3.63) is 47.0 Å². The zero-order valence-corrected chi connectivity index (χ0v) is 17.1. The zero-order chi connectivity index (χ0) is 21.6. The molecule has 0 saturated heterocycles. The summed E-state index contributed by atoms with van der Waals surface area (Å²) < 4.78 is 39.3. The molecule has 5 rings (SSSR count). The monoisotopic (exact) mass is 460 g/mol. The van der Waals surface area contributed by atoms with Crippen LogP contribution in [-0.2, 0) is 17.5 Å². The van der Waals surface area contributed by atoms with Crippen LogP contribution in [0.4, 0.5) is 13.2 Å². The molecule has 4 heterocycles. The molecule has 2 aliphatic rings. The SMILES string of the molecule is N#Cc1cc(C(F)(F)F)ncc1CSC1=NC2(CC2)c2cc(-c3ncn[nH]3)nnc2S1. The summed E-state index contributed by atoms with van der Waals surface area (Å²) in [5, 5.41) is 25.1. The van der Waals surface area contributed by atoms with Crippen LogP contribution in [0, 0.1) is 11.3 Å². The van der Waals surface area contributed by atoms with Crippen LogP contribution in [0.5, 0.6) is 0 Å². The van der Waals surface area contributed by atoms with E-state index in [4.69, 9.17) is 4.99 Å². The summed E-state index contributed by atoms with van der Waals surface area (Å²) in [6, 6.07) is 4.52. The Morgan fingerprint density at radius 2 is 2.06 bits per heavy atom. The van der Waals surface area contributed by atoms with E-state index >= 15 is 0 Å². The van der Waals surface area contributed by atoms with Crippen LogP contribution in [-0.4, -0.2) is 34.7 Å². The highest BCUT2D eigenvalue weighted by molar-refractivity contribution is 8.38. The maximum Gasteiger partial charge on any atom is 0.433 e. The van der Waals surface area contributed by atoms with E-state index < -0.39 is 11.9 Å². The number of halogens is 3. The van der Waals surface area contributed by atoms with Gasteiger partial charge < -0.3 is 0 Å². The van der Waals surface area contributed by atoms with Crippen molar-refractivity contribution in [3.8, 4) is 17.6 Å². The van der Waals surface area contributed by atoms with E-state index in [0.717, 1.165) is 40.1 Å². The molecule has 1 aliphatic carbocycles. The quantitative estimate of drug-likeness (QED) is 0.625. The number of nitrogens with one attached hydrogen (secondary N) is 1. The first-order valence-electron chi connectivity index (χ1n) is 8.99. The van der Waals surface area contributed by atoms with E-state index in [-0.39, 0.29) is 16.9 Å². The third-order valence-corrected chi connectivity index (χ3v) is 7.04. The van der Waals surface area contributed by atoms with E-state index in [2.05, 4.69) is 30.4 Å². The Bertz CT molecular complexity index is 1230. The predicted molar refractivity (Wildman–Crippen MR) is 107 cm³/mol. The number of thioether (sulfide) groups is 2. The van der Waals surface area contributed by atoms with Gasteiger partial charge in [0.15, 0.2) is 5.82 Å². The first-order valence-corrected chi connectivity index (χ1v) is 10.8. The Kier molecular flexibility index (Phi) is 4.71. The Balaban J connectivity index is 1.37. The Hall–Kier alpha value is -2.98. The summed E-state index contributed by atoms with van der Waals surface area (Å²) in [6.07, 6.45) is -0.343. The molecule has 0 bridgehead atoms. The molecular weight excluding hydrogens is 449 g/mol. The maximum absolute atomic E-state index is 12.8. The molecular formula is C18H11F3N8S2. The molecule has 0 radical (unpaired) electrons. The first-order chi connectivity index (χ1) is 14.9. The number of aromatic nitrogens is 6. The third kappa shape index (κ3) is 3.77. The number of hydrogen-bond acceptors (Lipinski definition) is 9. The van der Waals surface area contributed by atoms with Crippen LogP contribution in [0.2, 0.25) is 0 Å². The number of pyridine rings is 1. The lowest BCUT2D eigenvalue weighted by atomic mass is 10.1. The molecule has 3 aromatic rings. The van der Waals surface area contributed by atoms with Gasteiger partial charge in [-0.25, -0.2) is 4.98 Å². The van der Waals surface area contributed by atoms with Crippen molar-refractivity contribution in [2.75, 3.05) is 0 Å². The molecule has 31 heavy (non-hydrogen) atoms. The molecule has 13 heteroatoms. The lowest BCUT2D eigenvalue weighted by Crippen LogP contribution is -2.15. The second-order valence-corrected chi connectivity index (χ2v) is 9.12. The van der Waals surface area contributed by atoms with Gasteiger partial charge in [-0.05, 0) is 42.3 Å². The van der Waals surface area contributed by atoms with Crippen LogP contribution in [0.3, 0.4) is 0 Å². The number of nitriles is 1. The van der Waals surface area contributed by atoms with Crippen LogP contribution < -0.4 is 0 Å². The fourth-order valence-corrected chi connectivity index (χ4v) is 5.36. The van der Waals surface area contributed by atoms with Gasteiger partial charge in [-0.1, -0.05) is 11.8 Å². The topological polar surface area (TPSA) is 116 Å². The second-order valence-electron chi connectivity index (χ2n) is 6.92.